The number of thiocarbonyl (C=S) groups is 1. The lowest BCUT2D eigenvalue weighted by molar-refractivity contribution is -0.139. The number of hydrogen-bond acceptors (Lipinski definition) is 5. The van der Waals surface area contributed by atoms with Crippen LogP contribution in [0.2, 0.25) is 0 Å². The quantitative estimate of drug-likeness (QED) is 0.611. The van der Waals surface area contributed by atoms with E-state index >= 15 is 0 Å². The van der Waals surface area contributed by atoms with Crippen LogP contribution in [-0.2, 0) is 16.1 Å². The van der Waals surface area contributed by atoms with Gasteiger partial charge in [0.15, 0.2) is 0 Å². The Morgan fingerprint density at radius 1 is 1.39 bits per heavy atom. The van der Waals surface area contributed by atoms with Crippen molar-refractivity contribution in [3.63, 3.8) is 0 Å². The van der Waals surface area contributed by atoms with Crippen molar-refractivity contribution in [2.24, 2.45) is 5.92 Å². The Hall–Kier alpha value is -1.34. The van der Waals surface area contributed by atoms with E-state index in [0.29, 0.717) is 18.4 Å². The summed E-state index contributed by atoms with van der Waals surface area (Å²) >= 11 is 6.86. The van der Waals surface area contributed by atoms with Crippen LogP contribution in [0.1, 0.15) is 25.0 Å². The molecule has 124 valence electrons. The Morgan fingerprint density at radius 2 is 2.22 bits per heavy atom. The summed E-state index contributed by atoms with van der Waals surface area (Å²) < 4.78 is 7.60. The average Bonchev–Trinajstić information content (AvgIpc) is 2.54. The fraction of sp³-hybridized carbons (Fsp3) is 0.562. The molecule has 3 heterocycles. The molecule has 1 aromatic heterocycles. The number of carbonyl (C=O) groups excluding carboxylic acids is 1. The number of ether oxygens (including phenoxy) is 1. The first-order valence-electron chi connectivity index (χ1n) is 7.85. The number of rotatable bonds is 3. The largest absolute Gasteiger partial charge is 0.465 e. The van der Waals surface area contributed by atoms with Crippen molar-refractivity contribution in [1.82, 2.24) is 9.47 Å². The van der Waals surface area contributed by atoms with E-state index in [2.05, 4.69) is 4.90 Å². The van der Waals surface area contributed by atoms with Crippen molar-refractivity contribution >= 4 is 34.3 Å². The van der Waals surface area contributed by atoms with E-state index in [-0.39, 0.29) is 17.3 Å². The summed E-state index contributed by atoms with van der Waals surface area (Å²) in [6.45, 7) is 4.62. The van der Waals surface area contributed by atoms with Crippen molar-refractivity contribution in [2.45, 2.75) is 25.8 Å². The van der Waals surface area contributed by atoms with Gasteiger partial charge in [0.05, 0.1) is 12.4 Å². The lowest BCUT2D eigenvalue weighted by Crippen LogP contribution is -2.48. The monoisotopic (exact) mass is 352 g/mol. The molecule has 2 aliphatic rings. The Morgan fingerprint density at radius 3 is 3.00 bits per heavy atom. The number of thioether (sulfide) groups is 1. The van der Waals surface area contributed by atoms with E-state index in [1.165, 1.54) is 11.8 Å². The number of aromatic nitrogens is 1. The zero-order valence-corrected chi connectivity index (χ0v) is 14.7. The lowest BCUT2D eigenvalue weighted by atomic mass is 9.83. The standard InChI is InChI=1S/C16H20N2O3S2/c1-2-21-15(20)10-23-16(22)17-7-11-6-12(9-17)13-4-3-5-14(19)18(13)8-11/h3-5,11-12H,2,6-10H2,1H3/t11-,12-/m1/s1. The minimum absolute atomic E-state index is 0.0879. The van der Waals surface area contributed by atoms with Crippen LogP contribution in [0.15, 0.2) is 23.0 Å². The van der Waals surface area contributed by atoms with Crippen LogP contribution in [0.4, 0.5) is 0 Å². The normalized spacial score (nSPS) is 22.4. The molecule has 1 saturated heterocycles. The molecule has 0 saturated carbocycles. The maximum atomic E-state index is 12.0. The first kappa shape index (κ1) is 16.5. The predicted molar refractivity (Wildman–Crippen MR) is 94.8 cm³/mol. The average molecular weight is 352 g/mol. The number of nitrogens with zero attached hydrogens (tertiary/aromatic N) is 2. The van der Waals surface area contributed by atoms with Crippen LogP contribution in [0, 0.1) is 5.92 Å². The summed E-state index contributed by atoms with van der Waals surface area (Å²) in [5.74, 6) is 0.795. The summed E-state index contributed by atoms with van der Waals surface area (Å²) in [6.07, 6.45) is 1.10. The third-order valence-electron chi connectivity index (χ3n) is 4.36. The molecule has 2 bridgehead atoms. The van der Waals surface area contributed by atoms with E-state index in [1.54, 1.807) is 13.0 Å². The molecular weight excluding hydrogens is 332 g/mol. The topological polar surface area (TPSA) is 51.5 Å². The number of piperidine rings is 1. The molecule has 0 aliphatic carbocycles. The third-order valence-corrected chi connectivity index (χ3v) is 5.85. The Balaban J connectivity index is 1.66. The maximum Gasteiger partial charge on any atom is 0.316 e. The van der Waals surface area contributed by atoms with Gasteiger partial charge in [-0.2, -0.15) is 0 Å². The summed E-state index contributed by atoms with van der Waals surface area (Å²) in [5.41, 5.74) is 1.20. The molecule has 1 fully saturated rings. The SMILES string of the molecule is CCOC(=O)CSC(=S)N1C[C@H]2C[C@H](C1)c1cccc(=O)n1C2. The van der Waals surface area contributed by atoms with Gasteiger partial charge < -0.3 is 14.2 Å². The van der Waals surface area contributed by atoms with Crippen molar-refractivity contribution < 1.29 is 9.53 Å². The van der Waals surface area contributed by atoms with Crippen LogP contribution in [-0.4, -0.2) is 45.2 Å². The molecule has 0 aromatic carbocycles. The number of hydrogen-bond donors (Lipinski definition) is 0. The number of pyridine rings is 1. The van der Waals surface area contributed by atoms with Gasteiger partial charge in [-0.1, -0.05) is 30.0 Å². The van der Waals surface area contributed by atoms with Crippen LogP contribution in [0.5, 0.6) is 0 Å². The zero-order valence-electron chi connectivity index (χ0n) is 13.1. The number of likely N-dealkylation sites (tertiary alicyclic amines) is 1. The van der Waals surface area contributed by atoms with Gasteiger partial charge in [-0.25, -0.2) is 0 Å². The van der Waals surface area contributed by atoms with E-state index in [0.717, 1.165) is 36.1 Å². The Kier molecular flexibility index (Phi) is 5.06. The Labute approximate surface area is 145 Å². The molecule has 0 unspecified atom stereocenters. The summed E-state index contributed by atoms with van der Waals surface area (Å²) in [4.78, 5) is 25.7. The highest BCUT2D eigenvalue weighted by Gasteiger charge is 2.35. The molecule has 3 rings (SSSR count). The molecule has 7 heteroatoms. The van der Waals surface area contributed by atoms with Crippen molar-refractivity contribution in [2.75, 3.05) is 25.4 Å². The van der Waals surface area contributed by atoms with Gasteiger partial charge >= 0.3 is 5.97 Å². The molecule has 0 amide bonds. The minimum Gasteiger partial charge on any atom is -0.465 e. The molecule has 0 spiro atoms. The van der Waals surface area contributed by atoms with Gasteiger partial charge in [0.2, 0.25) is 0 Å². The molecule has 1 aromatic rings. The predicted octanol–water partition coefficient (Wildman–Crippen LogP) is 1.85. The number of esters is 1. The highest BCUT2D eigenvalue weighted by atomic mass is 32.2. The highest BCUT2D eigenvalue weighted by molar-refractivity contribution is 8.23. The second-order valence-electron chi connectivity index (χ2n) is 5.96. The fourth-order valence-corrected chi connectivity index (χ4v) is 4.44. The van der Waals surface area contributed by atoms with Crippen molar-refractivity contribution in [3.05, 3.63) is 34.2 Å². The lowest BCUT2D eigenvalue weighted by Gasteiger charge is -2.43. The number of carbonyl (C=O) groups is 1. The fourth-order valence-electron chi connectivity index (χ4n) is 3.46. The summed E-state index contributed by atoms with van der Waals surface area (Å²) in [5, 5.41) is 0. The second kappa shape index (κ2) is 7.05. The molecule has 2 aliphatic heterocycles. The smallest absolute Gasteiger partial charge is 0.316 e. The van der Waals surface area contributed by atoms with Crippen molar-refractivity contribution in [3.8, 4) is 0 Å². The minimum atomic E-state index is -0.228. The van der Waals surface area contributed by atoms with Gasteiger partial charge in [0, 0.05) is 37.3 Å². The first-order valence-corrected chi connectivity index (χ1v) is 9.25. The van der Waals surface area contributed by atoms with Crippen LogP contribution < -0.4 is 5.56 Å². The van der Waals surface area contributed by atoms with Gasteiger partial charge in [-0.15, -0.1) is 0 Å². The van der Waals surface area contributed by atoms with E-state index in [1.807, 2.05) is 16.7 Å². The van der Waals surface area contributed by atoms with Gasteiger partial charge in [0.25, 0.3) is 5.56 Å². The zero-order chi connectivity index (χ0) is 16.4. The summed E-state index contributed by atoms with van der Waals surface area (Å²) in [7, 11) is 0. The van der Waals surface area contributed by atoms with Crippen LogP contribution in [0.25, 0.3) is 0 Å². The molecular formula is C16H20N2O3S2. The molecule has 0 N–H and O–H groups in total. The molecule has 23 heavy (non-hydrogen) atoms. The Bertz CT molecular complexity index is 674. The van der Waals surface area contributed by atoms with Gasteiger partial charge in [0.1, 0.15) is 4.32 Å². The molecule has 0 radical (unpaired) electrons. The van der Waals surface area contributed by atoms with Gasteiger partial charge in [-0.3, -0.25) is 9.59 Å². The maximum absolute atomic E-state index is 12.0. The van der Waals surface area contributed by atoms with Crippen LogP contribution >= 0.6 is 24.0 Å². The third kappa shape index (κ3) is 3.61. The number of fused-ring (bicyclic) bond motifs is 4. The van der Waals surface area contributed by atoms with Crippen LogP contribution in [0.3, 0.4) is 0 Å². The summed E-state index contributed by atoms with van der Waals surface area (Å²) in [6, 6.07) is 5.50. The van der Waals surface area contributed by atoms with E-state index < -0.39 is 0 Å². The molecule has 5 nitrogen and oxygen atoms in total. The van der Waals surface area contributed by atoms with Gasteiger partial charge in [-0.05, 0) is 25.3 Å². The van der Waals surface area contributed by atoms with Crippen molar-refractivity contribution in [1.29, 1.82) is 0 Å². The van der Waals surface area contributed by atoms with E-state index in [4.69, 9.17) is 17.0 Å². The van der Waals surface area contributed by atoms with E-state index in [9.17, 15) is 9.59 Å². The second-order valence-corrected chi connectivity index (χ2v) is 7.57. The first-order chi connectivity index (χ1) is 11.1. The molecule has 2 atom stereocenters. The highest BCUT2D eigenvalue weighted by Crippen LogP contribution is 2.35.